The van der Waals surface area contributed by atoms with Gasteiger partial charge in [0.15, 0.2) is 0 Å². The molecule has 0 radical (unpaired) electrons. The van der Waals surface area contributed by atoms with Crippen molar-refractivity contribution in [2.75, 3.05) is 7.11 Å². The van der Waals surface area contributed by atoms with E-state index in [1.54, 1.807) is 0 Å². The third-order valence-corrected chi connectivity index (χ3v) is 2.87. The number of hydrogen-bond acceptors (Lipinski definition) is 4. The van der Waals surface area contributed by atoms with Crippen LogP contribution >= 0.6 is 23.2 Å². The molecule has 7 heteroatoms. The lowest BCUT2D eigenvalue weighted by Gasteiger charge is -2.21. The Morgan fingerprint density at radius 1 is 1.29 bits per heavy atom. The summed E-state index contributed by atoms with van der Waals surface area (Å²) in [6, 6.07) is 3.55. The van der Waals surface area contributed by atoms with Crippen molar-refractivity contribution in [1.29, 1.82) is 0 Å². The molecule has 5 nitrogen and oxygen atoms in total. The number of methoxy groups -OCH3 is 1. The summed E-state index contributed by atoms with van der Waals surface area (Å²) in [5.41, 5.74) is -3.03. The SMILES string of the molecule is COC(=O)C(O)(C(=O)O)c1ccc(Cl)c(Cl)c1. The van der Waals surface area contributed by atoms with Crippen LogP contribution in [0.1, 0.15) is 5.56 Å². The van der Waals surface area contributed by atoms with Crippen LogP contribution in [0.15, 0.2) is 18.2 Å². The Kier molecular flexibility index (Phi) is 3.98. The Morgan fingerprint density at radius 2 is 1.88 bits per heavy atom. The van der Waals surface area contributed by atoms with E-state index in [9.17, 15) is 14.7 Å². The van der Waals surface area contributed by atoms with Crippen molar-refractivity contribution in [3.8, 4) is 0 Å². The largest absolute Gasteiger partial charge is 0.478 e. The number of hydrogen-bond donors (Lipinski definition) is 2. The standard InChI is InChI=1S/C10H8Cl2O5/c1-17-9(15)10(16,8(13)14)5-2-3-6(11)7(12)4-5/h2-4,16H,1H3,(H,13,14). The average molecular weight is 279 g/mol. The number of ether oxygens (including phenoxy) is 1. The van der Waals surface area contributed by atoms with Crippen LogP contribution in [0, 0.1) is 0 Å². The van der Waals surface area contributed by atoms with Crippen molar-refractivity contribution in [3.05, 3.63) is 33.8 Å². The lowest BCUT2D eigenvalue weighted by molar-refractivity contribution is -0.179. The molecular weight excluding hydrogens is 271 g/mol. The maximum absolute atomic E-state index is 11.3. The molecule has 2 N–H and O–H groups in total. The summed E-state index contributed by atoms with van der Waals surface area (Å²) in [6.07, 6.45) is 0. The first-order valence-electron chi connectivity index (χ1n) is 4.33. The fraction of sp³-hybridized carbons (Fsp3) is 0.200. The molecule has 17 heavy (non-hydrogen) atoms. The summed E-state index contributed by atoms with van der Waals surface area (Å²) < 4.78 is 4.26. The maximum atomic E-state index is 11.3. The van der Waals surface area contributed by atoms with Crippen LogP contribution in [0.4, 0.5) is 0 Å². The highest BCUT2D eigenvalue weighted by molar-refractivity contribution is 6.42. The molecule has 0 spiro atoms. The summed E-state index contributed by atoms with van der Waals surface area (Å²) in [5, 5.41) is 19.0. The van der Waals surface area contributed by atoms with Crippen molar-refractivity contribution in [1.82, 2.24) is 0 Å². The van der Waals surface area contributed by atoms with E-state index in [0.717, 1.165) is 13.2 Å². The first kappa shape index (κ1) is 13.8. The third kappa shape index (κ3) is 2.36. The van der Waals surface area contributed by atoms with Gasteiger partial charge in [0.2, 0.25) is 0 Å². The monoisotopic (exact) mass is 278 g/mol. The van der Waals surface area contributed by atoms with Gasteiger partial charge in [0.1, 0.15) is 0 Å². The van der Waals surface area contributed by atoms with Crippen LogP contribution in [0.25, 0.3) is 0 Å². The van der Waals surface area contributed by atoms with Crippen molar-refractivity contribution in [3.63, 3.8) is 0 Å². The van der Waals surface area contributed by atoms with Crippen LogP contribution in [0.2, 0.25) is 10.0 Å². The van der Waals surface area contributed by atoms with Crippen LogP contribution in [-0.4, -0.2) is 29.3 Å². The first-order valence-corrected chi connectivity index (χ1v) is 5.09. The number of carbonyl (C=O) groups is 2. The maximum Gasteiger partial charge on any atom is 0.354 e. The molecule has 0 amide bonds. The van der Waals surface area contributed by atoms with Crippen molar-refractivity contribution < 1.29 is 24.5 Å². The number of benzene rings is 1. The van der Waals surface area contributed by atoms with Gasteiger partial charge in [0.25, 0.3) is 5.60 Å². The highest BCUT2D eigenvalue weighted by Gasteiger charge is 2.47. The molecule has 92 valence electrons. The van der Waals surface area contributed by atoms with Gasteiger partial charge in [-0.15, -0.1) is 0 Å². The summed E-state index contributed by atoms with van der Waals surface area (Å²) in [4.78, 5) is 22.3. The molecule has 1 aromatic carbocycles. The van der Waals surface area contributed by atoms with Crippen molar-refractivity contribution in [2.45, 2.75) is 5.60 Å². The summed E-state index contributed by atoms with van der Waals surface area (Å²) in [6.45, 7) is 0. The molecule has 1 unspecified atom stereocenters. The van der Waals surface area contributed by atoms with E-state index in [1.165, 1.54) is 12.1 Å². The van der Waals surface area contributed by atoms with E-state index in [4.69, 9.17) is 28.3 Å². The second-order valence-electron chi connectivity index (χ2n) is 3.14. The molecule has 1 rings (SSSR count). The topological polar surface area (TPSA) is 83.8 Å². The molecule has 0 heterocycles. The van der Waals surface area contributed by atoms with E-state index in [1.807, 2.05) is 0 Å². The number of carboxylic acid groups (broad SMARTS) is 1. The van der Waals surface area contributed by atoms with Gasteiger partial charge in [-0.2, -0.15) is 0 Å². The fourth-order valence-electron chi connectivity index (χ4n) is 1.20. The molecular formula is C10H8Cl2O5. The number of aliphatic carboxylic acids is 1. The fourth-order valence-corrected chi connectivity index (χ4v) is 1.50. The molecule has 0 bridgehead atoms. The Hall–Kier alpha value is -1.30. The van der Waals surface area contributed by atoms with E-state index in [-0.39, 0.29) is 15.6 Å². The zero-order valence-corrected chi connectivity index (χ0v) is 10.1. The van der Waals surface area contributed by atoms with Gasteiger partial charge in [-0.05, 0) is 12.1 Å². The molecule has 0 aliphatic carbocycles. The minimum atomic E-state index is -2.80. The summed E-state index contributed by atoms with van der Waals surface area (Å²) in [7, 11) is 0.966. The molecule has 0 aliphatic heterocycles. The van der Waals surface area contributed by atoms with Crippen LogP contribution in [-0.2, 0) is 19.9 Å². The third-order valence-electron chi connectivity index (χ3n) is 2.13. The van der Waals surface area contributed by atoms with Gasteiger partial charge < -0.3 is 14.9 Å². The van der Waals surface area contributed by atoms with Gasteiger partial charge >= 0.3 is 11.9 Å². The van der Waals surface area contributed by atoms with Gasteiger partial charge in [0.05, 0.1) is 17.2 Å². The second kappa shape index (κ2) is 4.91. The zero-order chi connectivity index (χ0) is 13.2. The lowest BCUT2D eigenvalue weighted by Crippen LogP contribution is -2.44. The van der Waals surface area contributed by atoms with E-state index >= 15 is 0 Å². The quantitative estimate of drug-likeness (QED) is 0.646. The molecule has 0 fully saturated rings. The highest BCUT2D eigenvalue weighted by Crippen LogP contribution is 2.29. The van der Waals surface area contributed by atoms with Gasteiger partial charge in [-0.1, -0.05) is 29.3 Å². The average Bonchev–Trinajstić information content (AvgIpc) is 2.30. The molecule has 0 saturated carbocycles. The van der Waals surface area contributed by atoms with Gasteiger partial charge in [-0.25, -0.2) is 9.59 Å². The lowest BCUT2D eigenvalue weighted by atomic mass is 9.94. The van der Waals surface area contributed by atoms with Gasteiger partial charge in [-0.3, -0.25) is 0 Å². The minimum absolute atomic E-state index is 0.0211. The Bertz CT molecular complexity index is 474. The van der Waals surface area contributed by atoms with Gasteiger partial charge in [0, 0.05) is 5.56 Å². The van der Waals surface area contributed by atoms with Crippen molar-refractivity contribution in [2.24, 2.45) is 0 Å². The number of esters is 1. The Labute approximate surface area is 107 Å². The van der Waals surface area contributed by atoms with E-state index in [2.05, 4.69) is 4.74 Å². The predicted molar refractivity (Wildman–Crippen MR) is 60.0 cm³/mol. The number of rotatable bonds is 3. The minimum Gasteiger partial charge on any atom is -0.478 e. The molecule has 0 aromatic heterocycles. The number of halogens is 2. The second-order valence-corrected chi connectivity index (χ2v) is 3.95. The Morgan fingerprint density at radius 3 is 2.29 bits per heavy atom. The number of carboxylic acids is 1. The predicted octanol–water partition coefficient (Wildman–Crippen LogP) is 1.44. The molecule has 1 aromatic rings. The van der Waals surface area contributed by atoms with Crippen LogP contribution < -0.4 is 0 Å². The van der Waals surface area contributed by atoms with Crippen LogP contribution in [0.5, 0.6) is 0 Å². The highest BCUT2D eigenvalue weighted by atomic mass is 35.5. The normalized spacial score (nSPS) is 13.9. The van der Waals surface area contributed by atoms with E-state index in [0.29, 0.717) is 0 Å². The van der Waals surface area contributed by atoms with Crippen LogP contribution in [0.3, 0.4) is 0 Å². The zero-order valence-electron chi connectivity index (χ0n) is 8.61. The number of aliphatic hydroxyl groups is 1. The number of carbonyl (C=O) groups excluding carboxylic acids is 1. The molecule has 0 aliphatic rings. The Balaban J connectivity index is 3.38. The summed E-state index contributed by atoms with van der Waals surface area (Å²) >= 11 is 11.3. The first-order chi connectivity index (χ1) is 7.83. The molecule has 0 saturated heterocycles. The smallest absolute Gasteiger partial charge is 0.354 e. The van der Waals surface area contributed by atoms with Crippen molar-refractivity contribution >= 4 is 35.1 Å². The molecule has 1 atom stereocenters. The van der Waals surface area contributed by atoms with E-state index < -0.39 is 17.5 Å². The summed E-state index contributed by atoms with van der Waals surface area (Å²) in [5.74, 6) is -3.08.